The van der Waals surface area contributed by atoms with Crippen LogP contribution in [0.3, 0.4) is 0 Å². The maximum atomic E-state index is 12.2. The summed E-state index contributed by atoms with van der Waals surface area (Å²) in [6.45, 7) is 18.3. The van der Waals surface area contributed by atoms with Gasteiger partial charge in [-0.3, -0.25) is 19.2 Å². The number of carbonyl (C=O) groups excluding carboxylic acids is 5. The van der Waals surface area contributed by atoms with Gasteiger partial charge in [-0.15, -0.1) is 0 Å². The molecular weight excluding hydrogens is 680 g/mol. The first-order valence-corrected chi connectivity index (χ1v) is 20.4. The van der Waals surface area contributed by atoms with Crippen molar-refractivity contribution in [2.45, 2.75) is 151 Å². The largest absolute Gasteiger partial charge is 0.465 e. The van der Waals surface area contributed by atoms with E-state index in [9.17, 15) is 24.0 Å². The SMILES string of the molecule is CCC(C)(C)C(=O)OC1CC2CC1C1C(=O)OCC21.CCC(C)(C)C(=O)OC1CCOC1=O.CCC(C)(C)C(=O)OCOC1C2CC3CC(C2)CC1C3. The lowest BCUT2D eigenvalue weighted by atomic mass is 9.55. The van der Waals surface area contributed by atoms with E-state index < -0.39 is 28.3 Å². The highest BCUT2D eigenvalue weighted by Crippen LogP contribution is 2.57. The van der Waals surface area contributed by atoms with E-state index in [0.29, 0.717) is 44.0 Å². The van der Waals surface area contributed by atoms with E-state index in [4.69, 9.17) is 28.4 Å². The molecule has 0 radical (unpaired) electrons. The molecular formula is C42H66O11. The van der Waals surface area contributed by atoms with Gasteiger partial charge in [-0.25, -0.2) is 4.79 Å². The number of fused-ring (bicyclic) bond motifs is 5. The summed E-state index contributed by atoms with van der Waals surface area (Å²) >= 11 is 0. The van der Waals surface area contributed by atoms with Crippen LogP contribution in [0.25, 0.3) is 0 Å². The molecule has 6 saturated carbocycles. The number of hydrogen-bond acceptors (Lipinski definition) is 11. The highest BCUT2D eigenvalue weighted by atomic mass is 16.7. The Morgan fingerprint density at radius 2 is 1.19 bits per heavy atom. The highest BCUT2D eigenvalue weighted by molar-refractivity contribution is 5.83. The third-order valence-corrected chi connectivity index (χ3v) is 14.1. The molecule has 0 N–H and O–H groups in total. The average Bonchev–Trinajstić information content (AvgIpc) is 3.90. The Hall–Kier alpha value is -2.69. The number of rotatable bonds is 11. The van der Waals surface area contributed by atoms with Gasteiger partial charge < -0.3 is 28.4 Å². The molecule has 6 atom stereocenters. The Morgan fingerprint density at radius 3 is 1.72 bits per heavy atom. The van der Waals surface area contributed by atoms with Crippen molar-refractivity contribution in [1.82, 2.24) is 0 Å². The zero-order chi connectivity index (χ0) is 38.9. The second-order valence-corrected chi connectivity index (χ2v) is 18.8. The quantitative estimate of drug-likeness (QED) is 0.120. The second kappa shape index (κ2) is 16.6. The number of cyclic esters (lactones) is 2. The standard InChI is InChI=1S/C17H28O3.C15H22O4.C10H16O4/c1-4-17(2,3)16(18)20-10-19-15-13-6-11-5-12(8-13)9-14(15)7-11;1-4-15(2,3)14(17)19-11-6-8-5-9(11)12-10(8)7-18-13(12)16;1-4-10(2,3)9(12)14-7-5-6-13-8(7)11/h11-15H,4-10H2,1-3H3;8-12H,4-7H2,1-3H3;7H,4-6H2,1-3H3. The van der Waals surface area contributed by atoms with Crippen LogP contribution in [-0.4, -0.2) is 68.2 Å². The molecule has 6 bridgehead atoms. The van der Waals surface area contributed by atoms with Crippen molar-refractivity contribution in [3.8, 4) is 0 Å². The van der Waals surface area contributed by atoms with E-state index in [0.717, 1.165) is 49.4 Å². The van der Waals surface area contributed by atoms with Crippen LogP contribution in [0.5, 0.6) is 0 Å². The van der Waals surface area contributed by atoms with Gasteiger partial charge in [-0.05, 0) is 135 Å². The van der Waals surface area contributed by atoms with Crippen LogP contribution in [-0.2, 0) is 52.4 Å². The number of esters is 5. The van der Waals surface area contributed by atoms with Gasteiger partial charge in [0.25, 0.3) is 0 Å². The van der Waals surface area contributed by atoms with Crippen LogP contribution < -0.4 is 0 Å². The maximum absolute atomic E-state index is 12.2. The lowest BCUT2D eigenvalue weighted by Crippen LogP contribution is -2.49. The topological polar surface area (TPSA) is 141 Å². The van der Waals surface area contributed by atoms with Crippen molar-refractivity contribution in [2.24, 2.45) is 63.6 Å². The molecule has 6 aliphatic carbocycles. The molecule has 0 aromatic heterocycles. The zero-order valence-electron chi connectivity index (χ0n) is 33.7. The third-order valence-electron chi connectivity index (χ3n) is 14.1. The minimum absolute atomic E-state index is 0.0127. The number of hydrogen-bond donors (Lipinski definition) is 0. The summed E-state index contributed by atoms with van der Waals surface area (Å²) in [7, 11) is 0. The summed E-state index contributed by atoms with van der Waals surface area (Å²) in [6, 6.07) is 0. The molecule has 0 spiro atoms. The van der Waals surface area contributed by atoms with Gasteiger partial charge in [0.05, 0.1) is 41.5 Å². The molecule has 53 heavy (non-hydrogen) atoms. The van der Waals surface area contributed by atoms with Gasteiger partial charge in [-0.1, -0.05) is 20.8 Å². The fraction of sp³-hybridized carbons (Fsp3) is 0.881. The summed E-state index contributed by atoms with van der Waals surface area (Å²) in [6.07, 6.45) is 11.1. The van der Waals surface area contributed by atoms with Crippen LogP contribution in [0.4, 0.5) is 0 Å². The molecule has 300 valence electrons. The molecule has 0 amide bonds. The molecule has 8 rings (SSSR count). The Bertz CT molecular complexity index is 1320. The first-order chi connectivity index (χ1) is 24.9. The molecule has 0 aromatic carbocycles. The average molecular weight is 747 g/mol. The fourth-order valence-corrected chi connectivity index (χ4v) is 9.52. The predicted octanol–water partition coefficient (Wildman–Crippen LogP) is 7.21. The van der Waals surface area contributed by atoms with Crippen molar-refractivity contribution < 1.29 is 52.4 Å². The molecule has 2 saturated heterocycles. The van der Waals surface area contributed by atoms with Crippen molar-refractivity contribution in [3.05, 3.63) is 0 Å². The molecule has 2 aliphatic heterocycles. The molecule has 11 heteroatoms. The van der Waals surface area contributed by atoms with Crippen molar-refractivity contribution in [1.29, 1.82) is 0 Å². The zero-order valence-corrected chi connectivity index (χ0v) is 33.7. The maximum Gasteiger partial charge on any atom is 0.347 e. The van der Waals surface area contributed by atoms with Crippen LogP contribution in [0.1, 0.15) is 133 Å². The molecule has 6 unspecified atom stereocenters. The first kappa shape index (κ1) is 41.5. The van der Waals surface area contributed by atoms with Crippen molar-refractivity contribution in [3.63, 3.8) is 0 Å². The highest BCUT2D eigenvalue weighted by Gasteiger charge is 2.60. The Balaban J connectivity index is 0.000000156. The van der Waals surface area contributed by atoms with Crippen LogP contribution in [0.2, 0.25) is 0 Å². The summed E-state index contributed by atoms with van der Waals surface area (Å²) in [5.74, 6) is 3.34. The third kappa shape index (κ3) is 9.24. The lowest BCUT2D eigenvalue weighted by Gasteiger charge is -2.53. The van der Waals surface area contributed by atoms with Crippen LogP contribution >= 0.6 is 0 Å². The van der Waals surface area contributed by atoms with Crippen molar-refractivity contribution in [2.75, 3.05) is 20.0 Å². The lowest BCUT2D eigenvalue weighted by molar-refractivity contribution is -0.193. The summed E-state index contributed by atoms with van der Waals surface area (Å²) < 4.78 is 32.0. The number of ether oxygens (including phenoxy) is 6. The van der Waals surface area contributed by atoms with Gasteiger partial charge in [-0.2, -0.15) is 0 Å². The van der Waals surface area contributed by atoms with Gasteiger partial charge >= 0.3 is 29.8 Å². The van der Waals surface area contributed by atoms with E-state index >= 15 is 0 Å². The van der Waals surface area contributed by atoms with Crippen molar-refractivity contribution >= 4 is 29.8 Å². The van der Waals surface area contributed by atoms with Gasteiger partial charge in [0.15, 0.2) is 6.79 Å². The Labute approximate surface area is 316 Å². The van der Waals surface area contributed by atoms with E-state index in [-0.39, 0.29) is 48.6 Å². The summed E-state index contributed by atoms with van der Waals surface area (Å²) in [4.78, 5) is 58.5. The Kier molecular flexibility index (Phi) is 13.0. The van der Waals surface area contributed by atoms with E-state index in [1.54, 1.807) is 13.8 Å². The fourth-order valence-electron chi connectivity index (χ4n) is 9.52. The van der Waals surface area contributed by atoms with Gasteiger partial charge in [0, 0.05) is 18.3 Å². The monoisotopic (exact) mass is 746 g/mol. The summed E-state index contributed by atoms with van der Waals surface area (Å²) in [5.41, 5.74) is -1.35. The van der Waals surface area contributed by atoms with E-state index in [2.05, 4.69) is 0 Å². The van der Waals surface area contributed by atoms with E-state index in [1.165, 1.54) is 32.1 Å². The predicted molar refractivity (Wildman–Crippen MR) is 195 cm³/mol. The van der Waals surface area contributed by atoms with Crippen LogP contribution in [0.15, 0.2) is 0 Å². The molecule has 8 fully saturated rings. The van der Waals surface area contributed by atoms with Crippen LogP contribution in [0, 0.1) is 63.6 Å². The van der Waals surface area contributed by atoms with Gasteiger partial charge in [0.2, 0.25) is 6.10 Å². The minimum Gasteiger partial charge on any atom is -0.465 e. The second-order valence-electron chi connectivity index (χ2n) is 18.8. The molecule has 0 aromatic rings. The normalized spacial score (nSPS) is 34.9. The minimum atomic E-state index is -0.687. The number of carbonyl (C=O) groups is 5. The molecule has 11 nitrogen and oxygen atoms in total. The summed E-state index contributed by atoms with van der Waals surface area (Å²) in [5, 5.41) is 0. The first-order valence-electron chi connectivity index (χ1n) is 20.4. The van der Waals surface area contributed by atoms with Gasteiger partial charge in [0.1, 0.15) is 6.10 Å². The molecule has 2 heterocycles. The smallest absolute Gasteiger partial charge is 0.347 e. The Morgan fingerprint density at radius 1 is 0.642 bits per heavy atom. The van der Waals surface area contributed by atoms with E-state index in [1.807, 2.05) is 48.5 Å². The molecule has 8 aliphatic rings.